The van der Waals surface area contributed by atoms with E-state index in [1.165, 1.54) is 0 Å². The van der Waals surface area contributed by atoms with Crippen LogP contribution < -0.4 is 11.1 Å². The molecule has 84 valence electrons. The molecule has 1 amide bonds. The summed E-state index contributed by atoms with van der Waals surface area (Å²) in [6.45, 7) is 0.423. The molecule has 0 aromatic heterocycles. The SMILES string of the molecule is N#CCCNC(=O)CCc1cccc(N)c1. The van der Waals surface area contributed by atoms with Crippen molar-refractivity contribution >= 4 is 11.6 Å². The van der Waals surface area contributed by atoms with Gasteiger partial charge in [-0.15, -0.1) is 0 Å². The van der Waals surface area contributed by atoms with Crippen LogP contribution in [0.15, 0.2) is 24.3 Å². The highest BCUT2D eigenvalue weighted by Gasteiger charge is 2.01. The van der Waals surface area contributed by atoms with Crippen LogP contribution in [0.4, 0.5) is 5.69 Å². The van der Waals surface area contributed by atoms with Gasteiger partial charge in [0.05, 0.1) is 12.5 Å². The monoisotopic (exact) mass is 217 g/mol. The Morgan fingerprint density at radius 1 is 1.50 bits per heavy atom. The lowest BCUT2D eigenvalue weighted by Crippen LogP contribution is -2.24. The van der Waals surface area contributed by atoms with Gasteiger partial charge in [0, 0.05) is 18.7 Å². The average Bonchev–Trinajstić information content (AvgIpc) is 2.27. The van der Waals surface area contributed by atoms with E-state index in [0.717, 1.165) is 5.56 Å². The van der Waals surface area contributed by atoms with Crippen molar-refractivity contribution in [3.63, 3.8) is 0 Å². The minimum Gasteiger partial charge on any atom is -0.399 e. The maximum Gasteiger partial charge on any atom is 0.220 e. The molecule has 0 fully saturated rings. The van der Waals surface area contributed by atoms with E-state index in [4.69, 9.17) is 11.0 Å². The number of benzene rings is 1. The number of aryl methyl sites for hydroxylation is 1. The maximum absolute atomic E-state index is 11.3. The molecule has 1 rings (SSSR count). The molecule has 1 aromatic carbocycles. The number of nitrogen functional groups attached to an aromatic ring is 1. The van der Waals surface area contributed by atoms with E-state index in [1.807, 2.05) is 30.3 Å². The first-order valence-corrected chi connectivity index (χ1v) is 5.20. The second kappa shape index (κ2) is 6.46. The highest BCUT2D eigenvalue weighted by Crippen LogP contribution is 2.08. The molecular formula is C12H15N3O. The number of nitrogens with two attached hydrogens (primary N) is 1. The molecule has 0 heterocycles. The van der Waals surface area contributed by atoms with Gasteiger partial charge < -0.3 is 11.1 Å². The molecule has 16 heavy (non-hydrogen) atoms. The molecule has 0 bridgehead atoms. The first kappa shape index (κ1) is 12.1. The van der Waals surface area contributed by atoms with Crippen molar-refractivity contribution in [2.24, 2.45) is 0 Å². The minimum absolute atomic E-state index is 0.0299. The van der Waals surface area contributed by atoms with E-state index >= 15 is 0 Å². The summed E-state index contributed by atoms with van der Waals surface area (Å²) in [5.41, 5.74) is 7.39. The Balaban J connectivity index is 2.29. The predicted octanol–water partition coefficient (Wildman–Crippen LogP) is 1.23. The van der Waals surface area contributed by atoms with Gasteiger partial charge in [0.2, 0.25) is 5.91 Å². The van der Waals surface area contributed by atoms with E-state index < -0.39 is 0 Å². The van der Waals surface area contributed by atoms with Crippen LogP contribution in [0.2, 0.25) is 0 Å². The van der Waals surface area contributed by atoms with Crippen LogP contribution in [0.5, 0.6) is 0 Å². The molecule has 0 radical (unpaired) electrons. The number of nitrogens with one attached hydrogen (secondary N) is 1. The fraction of sp³-hybridized carbons (Fsp3) is 0.333. The summed E-state index contributed by atoms with van der Waals surface area (Å²) in [6.07, 6.45) is 1.45. The van der Waals surface area contributed by atoms with Crippen molar-refractivity contribution in [3.05, 3.63) is 29.8 Å². The lowest BCUT2D eigenvalue weighted by Gasteiger charge is -2.03. The van der Waals surface area contributed by atoms with Gasteiger partial charge in [-0.3, -0.25) is 4.79 Å². The molecule has 0 aliphatic carbocycles. The van der Waals surface area contributed by atoms with Crippen LogP contribution in [0.25, 0.3) is 0 Å². The van der Waals surface area contributed by atoms with E-state index in [0.29, 0.717) is 31.5 Å². The largest absolute Gasteiger partial charge is 0.399 e. The summed E-state index contributed by atoms with van der Waals surface area (Å²) in [5, 5.41) is 11.0. The first-order valence-electron chi connectivity index (χ1n) is 5.20. The Bertz CT molecular complexity index is 395. The molecule has 0 saturated heterocycles. The number of amides is 1. The summed E-state index contributed by atoms with van der Waals surface area (Å²) < 4.78 is 0. The van der Waals surface area contributed by atoms with E-state index in [1.54, 1.807) is 0 Å². The third-order valence-electron chi connectivity index (χ3n) is 2.15. The zero-order chi connectivity index (χ0) is 11.8. The van der Waals surface area contributed by atoms with Crippen LogP contribution in [-0.2, 0) is 11.2 Å². The zero-order valence-corrected chi connectivity index (χ0v) is 9.07. The van der Waals surface area contributed by atoms with Gasteiger partial charge in [0.25, 0.3) is 0 Å². The summed E-state index contributed by atoms with van der Waals surface area (Å²) >= 11 is 0. The Labute approximate surface area is 95.1 Å². The van der Waals surface area contributed by atoms with Gasteiger partial charge in [-0.2, -0.15) is 5.26 Å². The van der Waals surface area contributed by atoms with Crippen molar-refractivity contribution in [1.29, 1.82) is 5.26 Å². The van der Waals surface area contributed by atoms with Crippen LogP contribution in [-0.4, -0.2) is 12.5 Å². The van der Waals surface area contributed by atoms with Crippen molar-refractivity contribution in [2.45, 2.75) is 19.3 Å². The van der Waals surface area contributed by atoms with E-state index in [2.05, 4.69) is 5.32 Å². The van der Waals surface area contributed by atoms with Crippen molar-refractivity contribution in [3.8, 4) is 6.07 Å². The number of rotatable bonds is 5. The third kappa shape index (κ3) is 4.47. The van der Waals surface area contributed by atoms with Crippen molar-refractivity contribution in [1.82, 2.24) is 5.32 Å². The molecular weight excluding hydrogens is 202 g/mol. The summed E-state index contributed by atoms with van der Waals surface area (Å²) in [4.78, 5) is 11.3. The number of nitrogens with zero attached hydrogens (tertiary/aromatic N) is 1. The van der Waals surface area contributed by atoms with Crippen LogP contribution in [0, 0.1) is 11.3 Å². The quantitative estimate of drug-likeness (QED) is 0.575. The lowest BCUT2D eigenvalue weighted by molar-refractivity contribution is -0.121. The molecule has 0 atom stereocenters. The van der Waals surface area contributed by atoms with Crippen LogP contribution >= 0.6 is 0 Å². The Hall–Kier alpha value is -2.02. The lowest BCUT2D eigenvalue weighted by atomic mass is 10.1. The van der Waals surface area contributed by atoms with Gasteiger partial charge in [-0.05, 0) is 24.1 Å². The summed E-state index contributed by atoms with van der Waals surface area (Å²) in [7, 11) is 0. The highest BCUT2D eigenvalue weighted by atomic mass is 16.1. The standard InChI is InChI=1S/C12H15N3O/c13-7-2-8-15-12(16)6-5-10-3-1-4-11(14)9-10/h1,3-4,9H,2,5-6,8,14H2,(H,15,16). The van der Waals surface area contributed by atoms with Crippen molar-refractivity contribution < 1.29 is 4.79 Å². The maximum atomic E-state index is 11.3. The minimum atomic E-state index is -0.0299. The average molecular weight is 217 g/mol. The summed E-state index contributed by atoms with van der Waals surface area (Å²) in [5.74, 6) is -0.0299. The molecule has 0 saturated carbocycles. The number of hydrogen-bond donors (Lipinski definition) is 2. The highest BCUT2D eigenvalue weighted by molar-refractivity contribution is 5.76. The van der Waals surface area contributed by atoms with Gasteiger partial charge in [0.1, 0.15) is 0 Å². The molecule has 4 nitrogen and oxygen atoms in total. The molecule has 3 N–H and O–H groups in total. The summed E-state index contributed by atoms with van der Waals surface area (Å²) in [6, 6.07) is 9.47. The molecule has 0 spiro atoms. The first-order chi connectivity index (χ1) is 7.72. The van der Waals surface area contributed by atoms with E-state index in [9.17, 15) is 4.79 Å². The fourth-order valence-corrected chi connectivity index (χ4v) is 1.35. The molecule has 4 heteroatoms. The van der Waals surface area contributed by atoms with Gasteiger partial charge in [0.15, 0.2) is 0 Å². The molecule has 0 aliphatic rings. The van der Waals surface area contributed by atoms with Crippen LogP contribution in [0.3, 0.4) is 0 Å². The van der Waals surface area contributed by atoms with Gasteiger partial charge >= 0.3 is 0 Å². The Kier molecular flexibility index (Phi) is 4.87. The fourth-order valence-electron chi connectivity index (χ4n) is 1.35. The molecule has 0 aliphatic heterocycles. The molecule has 1 aromatic rings. The number of anilines is 1. The number of carbonyl (C=O) groups excluding carboxylic acids is 1. The predicted molar refractivity (Wildman–Crippen MR) is 62.4 cm³/mol. The van der Waals surface area contributed by atoms with Crippen LogP contribution in [0.1, 0.15) is 18.4 Å². The van der Waals surface area contributed by atoms with Gasteiger partial charge in [-0.25, -0.2) is 0 Å². The number of hydrogen-bond acceptors (Lipinski definition) is 3. The third-order valence-corrected chi connectivity index (χ3v) is 2.15. The topological polar surface area (TPSA) is 78.9 Å². The normalized spacial score (nSPS) is 9.44. The molecule has 0 unspecified atom stereocenters. The zero-order valence-electron chi connectivity index (χ0n) is 9.07. The van der Waals surface area contributed by atoms with E-state index in [-0.39, 0.29) is 5.91 Å². The Morgan fingerprint density at radius 3 is 3.00 bits per heavy atom. The second-order valence-electron chi connectivity index (χ2n) is 3.50. The number of carbonyl (C=O) groups is 1. The smallest absolute Gasteiger partial charge is 0.220 e. The second-order valence-corrected chi connectivity index (χ2v) is 3.50. The van der Waals surface area contributed by atoms with Gasteiger partial charge in [-0.1, -0.05) is 12.1 Å². The van der Waals surface area contributed by atoms with Crippen molar-refractivity contribution in [2.75, 3.05) is 12.3 Å². The Morgan fingerprint density at radius 2 is 2.31 bits per heavy atom. The number of nitriles is 1.